The molecule has 0 aliphatic rings. The lowest BCUT2D eigenvalue weighted by atomic mass is 10.00. The molecule has 0 atom stereocenters. The second-order valence-electron chi connectivity index (χ2n) is 7.42. The van der Waals surface area contributed by atoms with E-state index in [1.165, 1.54) is 16.7 Å². The van der Waals surface area contributed by atoms with Crippen LogP contribution in [0.2, 0.25) is 0 Å². The number of benzene rings is 1. The second kappa shape index (κ2) is 11.5. The van der Waals surface area contributed by atoms with Crippen LogP contribution in [-0.2, 0) is 6.42 Å². The molecule has 0 heterocycles. The van der Waals surface area contributed by atoms with E-state index in [1.807, 2.05) is 13.0 Å². The van der Waals surface area contributed by atoms with Crippen LogP contribution in [0.5, 0.6) is 17.2 Å². The van der Waals surface area contributed by atoms with Crippen LogP contribution < -0.4 is 9.47 Å². The number of rotatable bonds is 10. The van der Waals surface area contributed by atoms with Gasteiger partial charge in [0.05, 0.1) is 14.2 Å². The minimum atomic E-state index is 0.174. The summed E-state index contributed by atoms with van der Waals surface area (Å²) >= 11 is 0. The number of aryl methyl sites for hydroxylation is 1. The molecule has 0 saturated carbocycles. The van der Waals surface area contributed by atoms with E-state index in [0.717, 1.165) is 36.8 Å². The maximum absolute atomic E-state index is 10.5. The molecule has 3 nitrogen and oxygen atoms in total. The average molecular weight is 373 g/mol. The number of phenols is 1. The molecule has 0 radical (unpaired) electrons. The van der Waals surface area contributed by atoms with E-state index in [9.17, 15) is 5.11 Å². The average Bonchev–Trinajstić information content (AvgIpc) is 2.60. The first kappa shape index (κ1) is 22.9. The van der Waals surface area contributed by atoms with Gasteiger partial charge in [-0.05, 0) is 78.4 Å². The molecule has 1 N–H and O–H groups in total. The van der Waals surface area contributed by atoms with E-state index in [4.69, 9.17) is 9.47 Å². The van der Waals surface area contributed by atoms with E-state index in [-0.39, 0.29) is 5.75 Å². The fourth-order valence-corrected chi connectivity index (χ4v) is 3.01. The smallest absolute Gasteiger partial charge is 0.203 e. The van der Waals surface area contributed by atoms with Crippen molar-refractivity contribution in [3.8, 4) is 17.2 Å². The molecule has 0 saturated heterocycles. The van der Waals surface area contributed by atoms with Gasteiger partial charge in [-0.25, -0.2) is 0 Å². The van der Waals surface area contributed by atoms with Crippen LogP contribution in [0, 0.1) is 6.92 Å². The van der Waals surface area contributed by atoms with Gasteiger partial charge in [-0.2, -0.15) is 0 Å². The summed E-state index contributed by atoms with van der Waals surface area (Å²) in [5, 5.41) is 10.5. The predicted molar refractivity (Wildman–Crippen MR) is 115 cm³/mol. The van der Waals surface area contributed by atoms with Crippen molar-refractivity contribution in [2.24, 2.45) is 0 Å². The van der Waals surface area contributed by atoms with Gasteiger partial charge in [0, 0.05) is 5.56 Å². The van der Waals surface area contributed by atoms with Crippen molar-refractivity contribution in [3.05, 3.63) is 52.1 Å². The Hall–Kier alpha value is -2.16. The fraction of sp³-hybridized carbons (Fsp3) is 0.500. The highest BCUT2D eigenvalue weighted by Crippen LogP contribution is 2.41. The Morgan fingerprint density at radius 3 is 2.07 bits per heavy atom. The van der Waals surface area contributed by atoms with Crippen LogP contribution >= 0.6 is 0 Å². The molecule has 1 rings (SSSR count). The monoisotopic (exact) mass is 372 g/mol. The van der Waals surface area contributed by atoms with Gasteiger partial charge in [-0.15, -0.1) is 0 Å². The van der Waals surface area contributed by atoms with E-state index in [1.54, 1.807) is 14.2 Å². The molecule has 150 valence electrons. The normalized spacial score (nSPS) is 12.1. The third kappa shape index (κ3) is 7.54. The third-order valence-electron chi connectivity index (χ3n) is 4.75. The van der Waals surface area contributed by atoms with Crippen LogP contribution in [0.4, 0.5) is 0 Å². The molecule has 0 spiro atoms. The largest absolute Gasteiger partial charge is 0.504 e. The Bertz CT molecular complexity index is 705. The van der Waals surface area contributed by atoms with Crippen LogP contribution in [-0.4, -0.2) is 19.3 Å². The van der Waals surface area contributed by atoms with Crippen LogP contribution in [0.3, 0.4) is 0 Å². The highest BCUT2D eigenvalue weighted by molar-refractivity contribution is 5.58. The topological polar surface area (TPSA) is 38.7 Å². The number of aromatic hydroxyl groups is 1. The quantitative estimate of drug-likeness (QED) is 0.466. The molecule has 0 aliphatic heterocycles. The van der Waals surface area contributed by atoms with Crippen LogP contribution in [0.15, 0.2) is 41.0 Å². The third-order valence-corrected chi connectivity index (χ3v) is 4.75. The van der Waals surface area contributed by atoms with Crippen molar-refractivity contribution in [2.75, 3.05) is 14.2 Å². The molecular formula is C24H36O3. The highest BCUT2D eigenvalue weighted by atomic mass is 16.5. The fourth-order valence-electron chi connectivity index (χ4n) is 3.01. The Morgan fingerprint density at radius 1 is 0.926 bits per heavy atom. The molecule has 0 amide bonds. The zero-order valence-corrected chi connectivity index (χ0v) is 18.1. The van der Waals surface area contributed by atoms with Gasteiger partial charge < -0.3 is 14.6 Å². The summed E-state index contributed by atoms with van der Waals surface area (Å²) in [5.74, 6) is 1.14. The summed E-state index contributed by atoms with van der Waals surface area (Å²) < 4.78 is 10.6. The van der Waals surface area contributed by atoms with Crippen molar-refractivity contribution >= 4 is 0 Å². The summed E-state index contributed by atoms with van der Waals surface area (Å²) in [6, 6.07) is 1.91. The van der Waals surface area contributed by atoms with Crippen molar-refractivity contribution in [2.45, 2.75) is 66.7 Å². The minimum Gasteiger partial charge on any atom is -0.504 e. The molecule has 0 fully saturated rings. The Labute approximate surface area is 165 Å². The van der Waals surface area contributed by atoms with Crippen molar-refractivity contribution in [1.29, 1.82) is 0 Å². The van der Waals surface area contributed by atoms with Gasteiger partial charge in [-0.3, -0.25) is 0 Å². The summed E-state index contributed by atoms with van der Waals surface area (Å²) in [5.41, 5.74) is 6.06. The van der Waals surface area contributed by atoms with Gasteiger partial charge in [0.15, 0.2) is 11.5 Å². The van der Waals surface area contributed by atoms with E-state index in [2.05, 4.69) is 45.9 Å². The second-order valence-corrected chi connectivity index (χ2v) is 7.42. The molecule has 3 heteroatoms. The maximum Gasteiger partial charge on any atom is 0.203 e. The van der Waals surface area contributed by atoms with Gasteiger partial charge in [0.2, 0.25) is 5.75 Å². The number of methoxy groups -OCH3 is 2. The standard InChI is InChI=1S/C24H36O3/c1-17(2)10-8-11-18(3)12-9-13-19(4)14-15-21-20(5)16-22(26-6)24(27-7)23(21)25/h10,12,14,16,25H,8-9,11,13,15H2,1-7H3/b18-12+,19-14+. The first-order valence-corrected chi connectivity index (χ1v) is 9.68. The maximum atomic E-state index is 10.5. The molecule has 0 unspecified atom stereocenters. The van der Waals surface area contributed by atoms with Gasteiger partial charge in [-0.1, -0.05) is 34.9 Å². The first-order valence-electron chi connectivity index (χ1n) is 9.68. The van der Waals surface area contributed by atoms with Crippen LogP contribution in [0.25, 0.3) is 0 Å². The molecule has 1 aromatic carbocycles. The zero-order chi connectivity index (χ0) is 20.4. The number of ether oxygens (including phenoxy) is 2. The van der Waals surface area contributed by atoms with Crippen molar-refractivity contribution < 1.29 is 14.6 Å². The molecule has 0 aromatic heterocycles. The Morgan fingerprint density at radius 2 is 1.52 bits per heavy atom. The van der Waals surface area contributed by atoms with Gasteiger partial charge >= 0.3 is 0 Å². The number of hydrogen-bond donors (Lipinski definition) is 1. The van der Waals surface area contributed by atoms with Crippen molar-refractivity contribution in [3.63, 3.8) is 0 Å². The molecular weight excluding hydrogens is 336 g/mol. The van der Waals surface area contributed by atoms with Gasteiger partial charge in [0.1, 0.15) is 0 Å². The molecule has 27 heavy (non-hydrogen) atoms. The number of phenolic OH excluding ortho intramolecular Hbond substituents is 1. The minimum absolute atomic E-state index is 0.174. The van der Waals surface area contributed by atoms with Gasteiger partial charge in [0.25, 0.3) is 0 Å². The summed E-state index contributed by atoms with van der Waals surface area (Å²) in [4.78, 5) is 0. The molecule has 0 bridgehead atoms. The highest BCUT2D eigenvalue weighted by Gasteiger charge is 2.16. The lowest BCUT2D eigenvalue weighted by Gasteiger charge is -2.15. The van der Waals surface area contributed by atoms with E-state index in [0.29, 0.717) is 17.9 Å². The first-order chi connectivity index (χ1) is 12.8. The summed E-state index contributed by atoms with van der Waals surface area (Å²) in [6.45, 7) is 10.6. The van der Waals surface area contributed by atoms with Crippen LogP contribution in [0.1, 0.15) is 64.5 Å². The predicted octanol–water partition coefficient (Wildman–Crippen LogP) is 6.68. The SMILES string of the molecule is COc1cc(C)c(C/C=C(\C)CC/C=C(\C)CCC=C(C)C)c(O)c1OC. The summed E-state index contributed by atoms with van der Waals surface area (Å²) in [6.07, 6.45) is 11.9. The number of allylic oxidation sites excluding steroid dienone is 6. The Balaban J connectivity index is 2.68. The van der Waals surface area contributed by atoms with E-state index < -0.39 is 0 Å². The molecule has 0 aliphatic carbocycles. The van der Waals surface area contributed by atoms with Crippen molar-refractivity contribution in [1.82, 2.24) is 0 Å². The summed E-state index contributed by atoms with van der Waals surface area (Å²) in [7, 11) is 3.12. The number of hydrogen-bond acceptors (Lipinski definition) is 3. The molecule has 1 aromatic rings. The Kier molecular flexibility index (Phi) is 9.77. The lowest BCUT2D eigenvalue weighted by molar-refractivity contribution is 0.331. The zero-order valence-electron chi connectivity index (χ0n) is 18.1. The lowest BCUT2D eigenvalue weighted by Crippen LogP contribution is -1.97. The van der Waals surface area contributed by atoms with E-state index >= 15 is 0 Å².